The van der Waals surface area contributed by atoms with Crippen molar-refractivity contribution in [2.24, 2.45) is 0 Å². The van der Waals surface area contributed by atoms with E-state index < -0.39 is 0 Å². The van der Waals surface area contributed by atoms with Crippen LogP contribution in [0.25, 0.3) is 0 Å². The summed E-state index contributed by atoms with van der Waals surface area (Å²) in [5.41, 5.74) is 2.98. The molecule has 134 valence electrons. The van der Waals surface area contributed by atoms with E-state index in [4.69, 9.17) is 4.74 Å². The van der Waals surface area contributed by atoms with Crippen molar-refractivity contribution in [1.29, 1.82) is 0 Å². The summed E-state index contributed by atoms with van der Waals surface area (Å²) in [5, 5.41) is 3.47. The van der Waals surface area contributed by atoms with Gasteiger partial charge in [-0.15, -0.1) is 11.3 Å². The number of aryl methyl sites for hydroxylation is 1. The number of anilines is 1. The van der Waals surface area contributed by atoms with Crippen LogP contribution in [0.15, 0.2) is 54.7 Å². The molecule has 0 saturated carbocycles. The molecule has 0 radical (unpaired) electrons. The van der Waals surface area contributed by atoms with Crippen LogP contribution in [0.1, 0.15) is 40.2 Å². The van der Waals surface area contributed by atoms with Crippen molar-refractivity contribution >= 4 is 22.4 Å². The van der Waals surface area contributed by atoms with Gasteiger partial charge in [-0.3, -0.25) is 10.1 Å². The van der Waals surface area contributed by atoms with Crippen molar-refractivity contribution < 1.29 is 9.53 Å². The Labute approximate surface area is 157 Å². The lowest BCUT2D eigenvalue weighted by molar-refractivity contribution is 0.102. The first-order valence-corrected chi connectivity index (χ1v) is 9.40. The number of carbonyl (C=O) groups excluding carboxylic acids is 1. The number of hydrogen-bond acceptors (Lipinski definition) is 4. The molecule has 26 heavy (non-hydrogen) atoms. The number of carbonyl (C=O) groups is 1. The molecule has 4 nitrogen and oxygen atoms in total. The minimum Gasteiger partial charge on any atom is -0.490 e. The van der Waals surface area contributed by atoms with E-state index in [0.717, 1.165) is 11.3 Å². The average Bonchev–Trinajstić information content (AvgIpc) is 3.04. The summed E-state index contributed by atoms with van der Waals surface area (Å²) in [7, 11) is 0. The van der Waals surface area contributed by atoms with Crippen molar-refractivity contribution in [1.82, 2.24) is 4.98 Å². The minimum absolute atomic E-state index is 0.00456. The molecule has 0 aliphatic heterocycles. The van der Waals surface area contributed by atoms with Crippen LogP contribution in [0.5, 0.6) is 5.75 Å². The van der Waals surface area contributed by atoms with E-state index in [0.29, 0.717) is 16.4 Å². The van der Waals surface area contributed by atoms with Crippen LogP contribution in [-0.2, 0) is 6.42 Å². The molecule has 1 heterocycles. The molecule has 0 spiro atoms. The van der Waals surface area contributed by atoms with Gasteiger partial charge in [0.2, 0.25) is 0 Å². The predicted molar refractivity (Wildman–Crippen MR) is 106 cm³/mol. The topological polar surface area (TPSA) is 51.2 Å². The van der Waals surface area contributed by atoms with Crippen LogP contribution < -0.4 is 10.1 Å². The lowest BCUT2D eigenvalue weighted by Crippen LogP contribution is -2.15. The normalized spacial score (nSPS) is 10.8. The fourth-order valence-corrected chi connectivity index (χ4v) is 3.37. The molecule has 5 heteroatoms. The number of hydrogen-bond donors (Lipinski definition) is 1. The molecule has 0 unspecified atom stereocenters. The van der Waals surface area contributed by atoms with E-state index in [1.807, 2.05) is 32.2 Å². The van der Waals surface area contributed by atoms with Gasteiger partial charge in [0.25, 0.3) is 5.91 Å². The van der Waals surface area contributed by atoms with Crippen molar-refractivity contribution in [3.05, 3.63) is 76.3 Å². The number of para-hydroxylation sites is 1. The molecule has 1 N–H and O–H groups in total. The minimum atomic E-state index is -0.211. The van der Waals surface area contributed by atoms with Gasteiger partial charge in [-0.2, -0.15) is 0 Å². The van der Waals surface area contributed by atoms with E-state index in [1.165, 1.54) is 22.5 Å². The Morgan fingerprint density at radius 1 is 1.15 bits per heavy atom. The molecule has 0 atom stereocenters. The highest BCUT2D eigenvalue weighted by molar-refractivity contribution is 7.15. The maximum Gasteiger partial charge on any atom is 0.261 e. The zero-order valence-electron chi connectivity index (χ0n) is 15.2. The van der Waals surface area contributed by atoms with Gasteiger partial charge in [-0.05, 0) is 38.5 Å². The van der Waals surface area contributed by atoms with E-state index in [9.17, 15) is 4.79 Å². The molecular weight excluding hydrogens is 344 g/mol. The second-order valence-corrected chi connectivity index (χ2v) is 7.53. The first-order valence-electron chi connectivity index (χ1n) is 8.58. The summed E-state index contributed by atoms with van der Waals surface area (Å²) in [6.07, 6.45) is 2.63. The van der Waals surface area contributed by atoms with Gasteiger partial charge in [0.05, 0.1) is 11.7 Å². The largest absolute Gasteiger partial charge is 0.490 e. The smallest absolute Gasteiger partial charge is 0.261 e. The molecule has 1 amide bonds. The van der Waals surface area contributed by atoms with Gasteiger partial charge in [-0.1, -0.05) is 42.0 Å². The number of benzene rings is 2. The summed E-state index contributed by atoms with van der Waals surface area (Å²) in [4.78, 5) is 18.0. The molecule has 1 aromatic heterocycles. The van der Waals surface area contributed by atoms with Crippen LogP contribution in [0.2, 0.25) is 0 Å². The molecule has 0 bridgehead atoms. The zero-order chi connectivity index (χ0) is 18.5. The summed E-state index contributed by atoms with van der Waals surface area (Å²) in [5.74, 6) is 0.369. The number of amides is 1. The third-order valence-electron chi connectivity index (χ3n) is 3.77. The van der Waals surface area contributed by atoms with Crippen LogP contribution in [0.4, 0.5) is 5.13 Å². The molecule has 0 fully saturated rings. The molecule has 3 rings (SSSR count). The Hall–Kier alpha value is -2.66. The number of nitrogens with zero attached hydrogens (tertiary/aromatic N) is 1. The number of rotatable bonds is 6. The van der Waals surface area contributed by atoms with Crippen LogP contribution >= 0.6 is 11.3 Å². The number of aromatic nitrogens is 1. The maximum atomic E-state index is 12.6. The molecule has 0 saturated heterocycles. The molecule has 0 aliphatic carbocycles. The fourth-order valence-electron chi connectivity index (χ4n) is 2.53. The highest BCUT2D eigenvalue weighted by atomic mass is 32.1. The number of thiazole rings is 1. The second-order valence-electron chi connectivity index (χ2n) is 6.41. The van der Waals surface area contributed by atoms with E-state index in [2.05, 4.69) is 41.5 Å². The summed E-state index contributed by atoms with van der Waals surface area (Å²) in [6.45, 7) is 5.95. The third kappa shape index (κ3) is 4.70. The van der Waals surface area contributed by atoms with E-state index >= 15 is 0 Å². The standard InChI is InChI=1S/C21H22N2O2S/c1-14(2)25-19-7-5-4-6-18(19)20(24)23-21-22-13-17(26-21)12-16-10-8-15(3)9-11-16/h4-11,13-14H,12H2,1-3H3,(H,22,23,24). The van der Waals surface area contributed by atoms with E-state index in [1.54, 1.807) is 12.1 Å². The van der Waals surface area contributed by atoms with Gasteiger partial charge < -0.3 is 4.74 Å². The molecular formula is C21H22N2O2S. The number of nitrogens with one attached hydrogen (secondary N) is 1. The molecule has 3 aromatic rings. The van der Waals surface area contributed by atoms with Crippen molar-refractivity contribution in [2.75, 3.05) is 5.32 Å². The highest BCUT2D eigenvalue weighted by Gasteiger charge is 2.15. The summed E-state index contributed by atoms with van der Waals surface area (Å²) < 4.78 is 5.72. The first-order chi connectivity index (χ1) is 12.5. The van der Waals surface area contributed by atoms with Crippen LogP contribution in [-0.4, -0.2) is 17.0 Å². The Bertz CT molecular complexity index is 885. The van der Waals surface area contributed by atoms with Crippen LogP contribution in [0, 0.1) is 6.92 Å². The van der Waals surface area contributed by atoms with Crippen molar-refractivity contribution in [2.45, 2.75) is 33.3 Å². The Balaban J connectivity index is 1.69. The SMILES string of the molecule is Cc1ccc(Cc2cnc(NC(=O)c3ccccc3OC(C)C)s2)cc1. The van der Waals surface area contributed by atoms with E-state index in [-0.39, 0.29) is 12.0 Å². The number of ether oxygens (including phenoxy) is 1. The van der Waals surface area contributed by atoms with Crippen molar-refractivity contribution in [3.63, 3.8) is 0 Å². The highest BCUT2D eigenvalue weighted by Crippen LogP contribution is 2.24. The van der Waals surface area contributed by atoms with Gasteiger partial charge in [-0.25, -0.2) is 4.98 Å². The van der Waals surface area contributed by atoms with Gasteiger partial charge >= 0.3 is 0 Å². The fraction of sp³-hybridized carbons (Fsp3) is 0.238. The quantitative estimate of drug-likeness (QED) is 0.662. The molecule has 0 aliphatic rings. The van der Waals surface area contributed by atoms with Gasteiger partial charge in [0.1, 0.15) is 5.75 Å². The Morgan fingerprint density at radius 2 is 1.88 bits per heavy atom. The van der Waals surface area contributed by atoms with Gasteiger partial charge in [0, 0.05) is 17.5 Å². The zero-order valence-corrected chi connectivity index (χ0v) is 16.0. The average molecular weight is 366 g/mol. The van der Waals surface area contributed by atoms with Gasteiger partial charge in [0.15, 0.2) is 5.13 Å². The first kappa shape index (κ1) is 18.1. The lowest BCUT2D eigenvalue weighted by atomic mass is 10.1. The summed E-state index contributed by atoms with van der Waals surface area (Å²) >= 11 is 1.49. The monoisotopic (exact) mass is 366 g/mol. The lowest BCUT2D eigenvalue weighted by Gasteiger charge is -2.13. The third-order valence-corrected chi connectivity index (χ3v) is 4.68. The van der Waals surface area contributed by atoms with Crippen LogP contribution in [0.3, 0.4) is 0 Å². The Kier molecular flexibility index (Phi) is 5.68. The molecule has 2 aromatic carbocycles. The second kappa shape index (κ2) is 8.15. The van der Waals surface area contributed by atoms with Crippen molar-refractivity contribution in [3.8, 4) is 5.75 Å². The Morgan fingerprint density at radius 3 is 2.62 bits per heavy atom. The predicted octanol–water partition coefficient (Wildman–Crippen LogP) is 5.08. The maximum absolute atomic E-state index is 12.6. The summed E-state index contributed by atoms with van der Waals surface area (Å²) in [6, 6.07) is 15.7.